The molecule has 0 aliphatic heterocycles. The number of nitrogens with zero attached hydrogens (tertiary/aromatic N) is 1. The lowest BCUT2D eigenvalue weighted by Crippen LogP contribution is -2.49. The second-order valence-electron chi connectivity index (χ2n) is 4.79. The summed E-state index contributed by atoms with van der Waals surface area (Å²) in [5.74, 6) is 0.730. The van der Waals surface area contributed by atoms with Crippen molar-refractivity contribution in [2.24, 2.45) is 11.7 Å². The average molecular weight is 212 g/mol. The largest absolute Gasteiger partial charge is 0.341 e. The van der Waals surface area contributed by atoms with Gasteiger partial charge in [0.25, 0.3) is 0 Å². The lowest BCUT2D eigenvalue weighted by molar-refractivity contribution is -0.135. The molecule has 0 radical (unpaired) electrons. The SMILES string of the molecule is CC[C@H](N)C(=O)N(C)C1CCCCC1C. The minimum absolute atomic E-state index is 0.108. The Labute approximate surface area is 93.0 Å². The fourth-order valence-electron chi connectivity index (χ4n) is 2.47. The maximum Gasteiger partial charge on any atom is 0.239 e. The Morgan fingerprint density at radius 3 is 2.60 bits per heavy atom. The third-order valence-corrected chi connectivity index (χ3v) is 3.67. The van der Waals surface area contributed by atoms with Crippen LogP contribution in [0.4, 0.5) is 0 Å². The number of hydrogen-bond donors (Lipinski definition) is 1. The van der Waals surface area contributed by atoms with Crippen LogP contribution in [0, 0.1) is 5.92 Å². The van der Waals surface area contributed by atoms with Crippen molar-refractivity contribution in [3.05, 3.63) is 0 Å². The fraction of sp³-hybridized carbons (Fsp3) is 0.917. The summed E-state index contributed by atoms with van der Waals surface area (Å²) >= 11 is 0. The number of carbonyl (C=O) groups excluding carboxylic acids is 1. The van der Waals surface area contributed by atoms with E-state index in [1.807, 2.05) is 18.9 Å². The smallest absolute Gasteiger partial charge is 0.239 e. The molecule has 3 heteroatoms. The molecule has 2 N–H and O–H groups in total. The summed E-state index contributed by atoms with van der Waals surface area (Å²) in [6, 6.07) is 0.0907. The molecular formula is C12H24N2O. The third-order valence-electron chi connectivity index (χ3n) is 3.67. The van der Waals surface area contributed by atoms with E-state index in [0.29, 0.717) is 12.0 Å². The van der Waals surface area contributed by atoms with Gasteiger partial charge in [-0.15, -0.1) is 0 Å². The molecule has 15 heavy (non-hydrogen) atoms. The Morgan fingerprint density at radius 1 is 1.47 bits per heavy atom. The summed E-state index contributed by atoms with van der Waals surface area (Å²) in [7, 11) is 1.91. The first-order valence-corrected chi connectivity index (χ1v) is 6.10. The topological polar surface area (TPSA) is 46.3 Å². The van der Waals surface area contributed by atoms with Crippen molar-refractivity contribution in [2.75, 3.05) is 7.05 Å². The molecule has 0 aromatic carbocycles. The predicted molar refractivity (Wildman–Crippen MR) is 62.5 cm³/mol. The molecule has 1 aliphatic carbocycles. The molecule has 88 valence electrons. The van der Waals surface area contributed by atoms with Gasteiger partial charge in [0, 0.05) is 13.1 Å². The molecule has 0 aromatic heterocycles. The number of rotatable bonds is 3. The Bertz CT molecular complexity index is 218. The highest BCUT2D eigenvalue weighted by Crippen LogP contribution is 2.27. The molecule has 0 bridgehead atoms. The zero-order valence-corrected chi connectivity index (χ0v) is 10.2. The predicted octanol–water partition coefficient (Wildman–Crippen LogP) is 1.76. The van der Waals surface area contributed by atoms with Crippen LogP contribution in [0.3, 0.4) is 0 Å². The number of hydrogen-bond acceptors (Lipinski definition) is 2. The summed E-state index contributed by atoms with van der Waals surface area (Å²) in [6.45, 7) is 4.20. The van der Waals surface area contributed by atoms with Gasteiger partial charge in [-0.2, -0.15) is 0 Å². The standard InChI is InChI=1S/C12H24N2O/c1-4-10(13)12(15)14(3)11-8-6-5-7-9(11)2/h9-11H,4-8,13H2,1-3H3/t9?,10-,11?/m0/s1. The van der Waals surface area contributed by atoms with Crippen molar-refractivity contribution in [3.8, 4) is 0 Å². The summed E-state index contributed by atoms with van der Waals surface area (Å²) < 4.78 is 0. The van der Waals surface area contributed by atoms with Gasteiger partial charge in [0.05, 0.1) is 6.04 Å². The summed E-state index contributed by atoms with van der Waals surface area (Å²) in [6.07, 6.45) is 5.65. The summed E-state index contributed by atoms with van der Waals surface area (Å²) in [5, 5.41) is 0. The van der Waals surface area contributed by atoms with Crippen LogP contribution in [-0.4, -0.2) is 29.9 Å². The van der Waals surface area contributed by atoms with Gasteiger partial charge in [0.15, 0.2) is 0 Å². The van der Waals surface area contributed by atoms with Gasteiger partial charge in [0.1, 0.15) is 0 Å². The van der Waals surface area contributed by atoms with Gasteiger partial charge in [0.2, 0.25) is 5.91 Å². The lowest BCUT2D eigenvalue weighted by Gasteiger charge is -2.37. The van der Waals surface area contributed by atoms with Crippen LogP contribution in [0.5, 0.6) is 0 Å². The van der Waals surface area contributed by atoms with Crippen LogP contribution in [0.2, 0.25) is 0 Å². The van der Waals surface area contributed by atoms with E-state index in [0.717, 1.165) is 12.8 Å². The summed E-state index contributed by atoms with van der Waals surface area (Å²) in [5.41, 5.74) is 5.78. The van der Waals surface area contributed by atoms with Crippen LogP contribution in [0.1, 0.15) is 46.0 Å². The average Bonchev–Trinajstić information content (AvgIpc) is 2.26. The van der Waals surface area contributed by atoms with Gasteiger partial charge >= 0.3 is 0 Å². The molecule has 0 spiro atoms. The lowest BCUT2D eigenvalue weighted by atomic mass is 9.85. The van der Waals surface area contributed by atoms with E-state index in [9.17, 15) is 4.79 Å². The van der Waals surface area contributed by atoms with Crippen molar-refractivity contribution >= 4 is 5.91 Å². The maximum absolute atomic E-state index is 11.9. The quantitative estimate of drug-likeness (QED) is 0.775. The molecule has 0 aromatic rings. The molecule has 1 fully saturated rings. The van der Waals surface area contributed by atoms with Crippen LogP contribution in [0.15, 0.2) is 0 Å². The van der Waals surface area contributed by atoms with Crippen molar-refractivity contribution in [2.45, 2.75) is 58.0 Å². The monoisotopic (exact) mass is 212 g/mol. The molecule has 1 saturated carbocycles. The second kappa shape index (κ2) is 5.50. The van der Waals surface area contributed by atoms with E-state index in [1.54, 1.807) is 0 Å². The first-order chi connectivity index (χ1) is 7.07. The number of likely N-dealkylation sites (N-methyl/N-ethyl adjacent to an activating group) is 1. The molecule has 1 aliphatic rings. The maximum atomic E-state index is 11.9. The minimum atomic E-state index is -0.316. The molecular weight excluding hydrogens is 188 g/mol. The first-order valence-electron chi connectivity index (χ1n) is 6.10. The van der Waals surface area contributed by atoms with Crippen LogP contribution < -0.4 is 5.73 Å². The van der Waals surface area contributed by atoms with Crippen molar-refractivity contribution in [1.29, 1.82) is 0 Å². The molecule has 0 heterocycles. The van der Waals surface area contributed by atoms with E-state index in [2.05, 4.69) is 6.92 Å². The normalized spacial score (nSPS) is 28.5. The Kier molecular flexibility index (Phi) is 4.58. The van der Waals surface area contributed by atoms with Gasteiger partial charge in [-0.3, -0.25) is 4.79 Å². The van der Waals surface area contributed by atoms with E-state index >= 15 is 0 Å². The summed E-state index contributed by atoms with van der Waals surface area (Å²) in [4.78, 5) is 13.8. The first kappa shape index (κ1) is 12.5. The van der Waals surface area contributed by atoms with Gasteiger partial charge in [-0.05, 0) is 25.2 Å². The van der Waals surface area contributed by atoms with E-state index in [4.69, 9.17) is 5.73 Å². The number of nitrogens with two attached hydrogens (primary N) is 1. The number of carbonyl (C=O) groups is 1. The van der Waals surface area contributed by atoms with Crippen molar-refractivity contribution in [1.82, 2.24) is 4.90 Å². The molecule has 2 unspecified atom stereocenters. The Morgan fingerprint density at radius 2 is 2.07 bits per heavy atom. The van der Waals surface area contributed by atoms with E-state index < -0.39 is 0 Å². The van der Waals surface area contributed by atoms with Gasteiger partial charge in [-0.1, -0.05) is 26.7 Å². The number of amides is 1. The van der Waals surface area contributed by atoms with Crippen molar-refractivity contribution in [3.63, 3.8) is 0 Å². The third kappa shape index (κ3) is 2.94. The van der Waals surface area contributed by atoms with Crippen LogP contribution in [0.25, 0.3) is 0 Å². The molecule has 1 amide bonds. The van der Waals surface area contributed by atoms with E-state index in [1.165, 1.54) is 19.3 Å². The van der Waals surface area contributed by atoms with Gasteiger partial charge in [-0.25, -0.2) is 0 Å². The van der Waals surface area contributed by atoms with Gasteiger partial charge < -0.3 is 10.6 Å². The molecule has 1 rings (SSSR count). The fourth-order valence-corrected chi connectivity index (χ4v) is 2.47. The highest BCUT2D eigenvalue weighted by Gasteiger charge is 2.29. The van der Waals surface area contributed by atoms with Crippen molar-refractivity contribution < 1.29 is 4.79 Å². The minimum Gasteiger partial charge on any atom is -0.341 e. The zero-order chi connectivity index (χ0) is 11.4. The second-order valence-corrected chi connectivity index (χ2v) is 4.79. The highest BCUT2D eigenvalue weighted by molar-refractivity contribution is 5.81. The van der Waals surface area contributed by atoms with Crippen LogP contribution >= 0.6 is 0 Å². The molecule has 3 nitrogen and oxygen atoms in total. The Hall–Kier alpha value is -0.570. The Balaban J connectivity index is 2.57. The highest BCUT2D eigenvalue weighted by atomic mass is 16.2. The van der Waals surface area contributed by atoms with E-state index in [-0.39, 0.29) is 11.9 Å². The zero-order valence-electron chi connectivity index (χ0n) is 10.2. The molecule has 0 saturated heterocycles. The molecule has 3 atom stereocenters. The van der Waals surface area contributed by atoms with Crippen LogP contribution in [-0.2, 0) is 4.79 Å².